The molecule has 1 aromatic rings. The zero-order chi connectivity index (χ0) is 13.4. The molecule has 0 saturated carbocycles. The predicted molar refractivity (Wildman–Crippen MR) is 75.0 cm³/mol. The van der Waals surface area contributed by atoms with E-state index in [1.165, 1.54) is 16.7 Å². The van der Waals surface area contributed by atoms with Crippen molar-refractivity contribution in [2.45, 2.75) is 26.8 Å². The summed E-state index contributed by atoms with van der Waals surface area (Å²) in [5, 5.41) is 3.31. The Morgan fingerprint density at radius 3 is 2.56 bits per heavy atom. The first-order valence-corrected chi connectivity index (χ1v) is 6.59. The summed E-state index contributed by atoms with van der Waals surface area (Å²) >= 11 is 0. The average Bonchev–Trinajstić information content (AvgIpc) is 2.37. The van der Waals surface area contributed by atoms with Crippen LogP contribution in [-0.2, 0) is 9.47 Å². The van der Waals surface area contributed by atoms with Crippen molar-refractivity contribution in [2.75, 3.05) is 33.5 Å². The first-order chi connectivity index (χ1) is 8.69. The molecule has 0 aromatic heterocycles. The molecule has 1 atom stereocenters. The van der Waals surface area contributed by atoms with Gasteiger partial charge in [-0.2, -0.15) is 0 Å². The van der Waals surface area contributed by atoms with Crippen LogP contribution in [0.25, 0.3) is 0 Å². The van der Waals surface area contributed by atoms with Crippen molar-refractivity contribution < 1.29 is 9.47 Å². The molecule has 3 heteroatoms. The standard InChI is InChI=1S/C15H25NO2/c1-5-17-8-9-18-11-15(16-4)14-10-12(2)6-7-13(14)3/h6-7,10,15-16H,5,8-9,11H2,1-4H3. The molecule has 1 aromatic carbocycles. The van der Waals surface area contributed by atoms with Gasteiger partial charge < -0.3 is 14.8 Å². The molecule has 0 aliphatic rings. The second-order valence-electron chi connectivity index (χ2n) is 4.47. The fourth-order valence-corrected chi connectivity index (χ4v) is 1.93. The van der Waals surface area contributed by atoms with Crippen molar-refractivity contribution in [3.05, 3.63) is 34.9 Å². The second kappa shape index (κ2) is 8.25. The van der Waals surface area contributed by atoms with Crippen LogP contribution in [0.4, 0.5) is 0 Å². The highest BCUT2D eigenvalue weighted by Crippen LogP contribution is 2.19. The maximum Gasteiger partial charge on any atom is 0.0701 e. The lowest BCUT2D eigenvalue weighted by Gasteiger charge is -2.19. The zero-order valence-corrected chi connectivity index (χ0v) is 12.0. The van der Waals surface area contributed by atoms with E-state index in [0.29, 0.717) is 19.8 Å². The molecule has 0 heterocycles. The number of rotatable bonds is 8. The Morgan fingerprint density at radius 1 is 1.17 bits per heavy atom. The van der Waals surface area contributed by atoms with Crippen LogP contribution < -0.4 is 5.32 Å². The smallest absolute Gasteiger partial charge is 0.0701 e. The fraction of sp³-hybridized carbons (Fsp3) is 0.600. The first-order valence-electron chi connectivity index (χ1n) is 6.59. The van der Waals surface area contributed by atoms with E-state index in [2.05, 4.69) is 37.4 Å². The van der Waals surface area contributed by atoms with E-state index < -0.39 is 0 Å². The van der Waals surface area contributed by atoms with Gasteiger partial charge in [0.05, 0.1) is 25.9 Å². The topological polar surface area (TPSA) is 30.5 Å². The fourth-order valence-electron chi connectivity index (χ4n) is 1.93. The summed E-state index contributed by atoms with van der Waals surface area (Å²) in [6.45, 7) is 8.98. The molecule has 1 rings (SSSR count). The van der Waals surface area contributed by atoms with Gasteiger partial charge in [-0.25, -0.2) is 0 Å². The van der Waals surface area contributed by atoms with E-state index in [1.54, 1.807) is 0 Å². The number of benzene rings is 1. The van der Waals surface area contributed by atoms with E-state index >= 15 is 0 Å². The summed E-state index contributed by atoms with van der Waals surface area (Å²) in [6, 6.07) is 6.77. The van der Waals surface area contributed by atoms with Gasteiger partial charge in [0.2, 0.25) is 0 Å². The maximum absolute atomic E-state index is 5.65. The minimum atomic E-state index is 0.242. The van der Waals surface area contributed by atoms with E-state index in [9.17, 15) is 0 Å². The van der Waals surface area contributed by atoms with E-state index in [1.807, 2.05) is 14.0 Å². The quantitative estimate of drug-likeness (QED) is 0.720. The Labute approximate surface area is 110 Å². The van der Waals surface area contributed by atoms with Gasteiger partial charge in [0, 0.05) is 6.61 Å². The van der Waals surface area contributed by atoms with Crippen molar-refractivity contribution in [3.63, 3.8) is 0 Å². The predicted octanol–water partition coefficient (Wildman–Crippen LogP) is 2.62. The molecule has 18 heavy (non-hydrogen) atoms. The third-order valence-corrected chi connectivity index (χ3v) is 3.02. The normalized spacial score (nSPS) is 12.7. The van der Waals surface area contributed by atoms with E-state index in [4.69, 9.17) is 9.47 Å². The van der Waals surface area contributed by atoms with Crippen LogP contribution in [0, 0.1) is 13.8 Å². The van der Waals surface area contributed by atoms with Gasteiger partial charge >= 0.3 is 0 Å². The Hall–Kier alpha value is -0.900. The van der Waals surface area contributed by atoms with Gasteiger partial charge in [-0.05, 0) is 38.9 Å². The lowest BCUT2D eigenvalue weighted by Crippen LogP contribution is -2.23. The van der Waals surface area contributed by atoms with Crippen molar-refractivity contribution in [1.82, 2.24) is 5.32 Å². The summed E-state index contributed by atoms with van der Waals surface area (Å²) in [4.78, 5) is 0. The molecular weight excluding hydrogens is 226 g/mol. The molecule has 0 aliphatic carbocycles. The van der Waals surface area contributed by atoms with Crippen molar-refractivity contribution in [2.24, 2.45) is 0 Å². The van der Waals surface area contributed by atoms with Gasteiger partial charge in [-0.1, -0.05) is 23.8 Å². The third kappa shape index (κ3) is 4.77. The highest BCUT2D eigenvalue weighted by atomic mass is 16.5. The lowest BCUT2D eigenvalue weighted by molar-refractivity contribution is 0.0441. The van der Waals surface area contributed by atoms with Crippen LogP contribution in [0.2, 0.25) is 0 Å². The largest absolute Gasteiger partial charge is 0.379 e. The number of ether oxygens (including phenoxy) is 2. The van der Waals surface area contributed by atoms with Crippen molar-refractivity contribution in [3.8, 4) is 0 Å². The van der Waals surface area contributed by atoms with Crippen LogP contribution in [0.3, 0.4) is 0 Å². The molecule has 0 aliphatic heterocycles. The molecule has 0 saturated heterocycles. The minimum Gasteiger partial charge on any atom is -0.379 e. The molecular formula is C15H25NO2. The van der Waals surface area contributed by atoms with Crippen LogP contribution >= 0.6 is 0 Å². The number of aryl methyl sites for hydroxylation is 2. The lowest BCUT2D eigenvalue weighted by atomic mass is 9.99. The zero-order valence-electron chi connectivity index (χ0n) is 12.0. The number of nitrogens with one attached hydrogen (secondary N) is 1. The number of hydrogen-bond donors (Lipinski definition) is 1. The molecule has 3 nitrogen and oxygen atoms in total. The molecule has 0 fully saturated rings. The van der Waals surface area contributed by atoms with E-state index in [-0.39, 0.29) is 6.04 Å². The van der Waals surface area contributed by atoms with Crippen LogP contribution in [-0.4, -0.2) is 33.5 Å². The summed E-state index contributed by atoms with van der Waals surface area (Å²) in [5.74, 6) is 0. The highest BCUT2D eigenvalue weighted by Gasteiger charge is 2.11. The van der Waals surface area contributed by atoms with Crippen LogP contribution in [0.1, 0.15) is 29.7 Å². The Morgan fingerprint density at radius 2 is 1.89 bits per heavy atom. The van der Waals surface area contributed by atoms with Gasteiger partial charge in [0.25, 0.3) is 0 Å². The number of likely N-dealkylation sites (N-methyl/N-ethyl adjacent to an activating group) is 1. The van der Waals surface area contributed by atoms with Crippen LogP contribution in [0.15, 0.2) is 18.2 Å². The SMILES string of the molecule is CCOCCOCC(NC)c1cc(C)ccc1C. The second-order valence-corrected chi connectivity index (χ2v) is 4.47. The molecule has 0 amide bonds. The Bertz CT molecular complexity index is 352. The number of hydrogen-bond acceptors (Lipinski definition) is 3. The molecule has 102 valence electrons. The Kier molecular flexibility index (Phi) is 6.94. The molecule has 0 bridgehead atoms. The highest BCUT2D eigenvalue weighted by molar-refractivity contribution is 5.33. The maximum atomic E-state index is 5.65. The van der Waals surface area contributed by atoms with Crippen molar-refractivity contribution >= 4 is 0 Å². The van der Waals surface area contributed by atoms with Gasteiger partial charge in [0.15, 0.2) is 0 Å². The summed E-state index contributed by atoms with van der Waals surface area (Å²) in [6.07, 6.45) is 0. The van der Waals surface area contributed by atoms with Crippen LogP contribution in [0.5, 0.6) is 0 Å². The summed E-state index contributed by atoms with van der Waals surface area (Å²) in [7, 11) is 1.97. The summed E-state index contributed by atoms with van der Waals surface area (Å²) < 4.78 is 10.9. The molecule has 1 N–H and O–H groups in total. The van der Waals surface area contributed by atoms with E-state index in [0.717, 1.165) is 6.61 Å². The first kappa shape index (κ1) is 15.2. The monoisotopic (exact) mass is 251 g/mol. The average molecular weight is 251 g/mol. The Balaban J connectivity index is 2.52. The molecule has 0 radical (unpaired) electrons. The minimum absolute atomic E-state index is 0.242. The third-order valence-electron chi connectivity index (χ3n) is 3.02. The van der Waals surface area contributed by atoms with Gasteiger partial charge in [-0.15, -0.1) is 0 Å². The molecule has 1 unspecified atom stereocenters. The van der Waals surface area contributed by atoms with Gasteiger partial charge in [-0.3, -0.25) is 0 Å². The summed E-state index contributed by atoms with van der Waals surface area (Å²) in [5.41, 5.74) is 3.90. The van der Waals surface area contributed by atoms with Gasteiger partial charge in [0.1, 0.15) is 0 Å². The molecule has 0 spiro atoms. The van der Waals surface area contributed by atoms with Crippen molar-refractivity contribution in [1.29, 1.82) is 0 Å².